The van der Waals surface area contributed by atoms with Crippen molar-refractivity contribution in [1.82, 2.24) is 0 Å². The number of rotatable bonds is 4. The minimum atomic E-state index is -0.0908. The lowest BCUT2D eigenvalue weighted by molar-refractivity contribution is 0.157. The van der Waals surface area contributed by atoms with Crippen LogP contribution < -0.4 is 5.46 Å². The Bertz CT molecular complexity index is 1270. The first-order valence-electron chi connectivity index (χ1n) is 11.0. The van der Waals surface area contributed by atoms with Crippen molar-refractivity contribution in [3.8, 4) is 22.6 Å². The fraction of sp³-hybridized carbons (Fsp3) is 0.286. The Morgan fingerprint density at radius 1 is 0.710 bits per heavy atom. The van der Waals surface area contributed by atoms with Crippen LogP contribution in [0.15, 0.2) is 66.7 Å². The predicted molar refractivity (Wildman–Crippen MR) is 135 cm³/mol. The van der Waals surface area contributed by atoms with Crippen LogP contribution >= 0.6 is 0 Å². The summed E-state index contributed by atoms with van der Waals surface area (Å²) in [5.41, 5.74) is 4.17. The SMILES string of the molecule is CC(C)(C)C(C)(C)CBc1cccc(-c2cc3cc(O)c(O)cc3c3ccccc23)c1. The highest BCUT2D eigenvalue weighted by molar-refractivity contribution is 6.53. The molecule has 0 aliphatic carbocycles. The van der Waals surface area contributed by atoms with Crippen molar-refractivity contribution in [1.29, 1.82) is 0 Å². The third-order valence-corrected chi connectivity index (χ3v) is 7.26. The molecule has 4 rings (SSSR count). The highest BCUT2D eigenvalue weighted by Crippen LogP contribution is 2.41. The van der Waals surface area contributed by atoms with Crippen LogP contribution in [0.3, 0.4) is 0 Å². The second-order valence-corrected chi connectivity index (χ2v) is 10.4. The summed E-state index contributed by atoms with van der Waals surface area (Å²) in [7, 11) is 1.04. The number of benzene rings is 4. The van der Waals surface area contributed by atoms with Crippen molar-refractivity contribution >= 4 is 34.3 Å². The lowest BCUT2D eigenvalue weighted by atomic mass is 9.53. The molecule has 3 heteroatoms. The number of phenols is 2. The van der Waals surface area contributed by atoms with Crippen LogP contribution in [0.2, 0.25) is 6.32 Å². The molecular formula is C28H31BO2. The van der Waals surface area contributed by atoms with Crippen LogP contribution in [-0.4, -0.2) is 17.5 Å². The topological polar surface area (TPSA) is 40.5 Å². The number of fused-ring (bicyclic) bond motifs is 3. The molecule has 0 amide bonds. The molecule has 0 saturated carbocycles. The molecule has 4 aromatic rings. The first kappa shape index (κ1) is 21.3. The van der Waals surface area contributed by atoms with Gasteiger partial charge in [-0.05, 0) is 61.7 Å². The summed E-state index contributed by atoms with van der Waals surface area (Å²) >= 11 is 0. The van der Waals surface area contributed by atoms with E-state index in [0.29, 0.717) is 0 Å². The molecule has 0 fully saturated rings. The third-order valence-electron chi connectivity index (χ3n) is 7.26. The quantitative estimate of drug-likeness (QED) is 0.225. The van der Waals surface area contributed by atoms with Crippen molar-refractivity contribution in [2.45, 2.75) is 40.9 Å². The maximum atomic E-state index is 10.1. The van der Waals surface area contributed by atoms with Crippen molar-refractivity contribution in [3.05, 3.63) is 66.7 Å². The van der Waals surface area contributed by atoms with E-state index in [9.17, 15) is 10.2 Å². The zero-order valence-corrected chi connectivity index (χ0v) is 19.2. The van der Waals surface area contributed by atoms with Crippen LogP contribution in [-0.2, 0) is 0 Å². The molecule has 158 valence electrons. The zero-order chi connectivity index (χ0) is 22.4. The maximum absolute atomic E-state index is 10.1. The summed E-state index contributed by atoms with van der Waals surface area (Å²) in [5, 5.41) is 24.2. The summed E-state index contributed by atoms with van der Waals surface area (Å²) in [4.78, 5) is 0. The second-order valence-electron chi connectivity index (χ2n) is 10.4. The van der Waals surface area contributed by atoms with E-state index in [1.165, 1.54) is 11.0 Å². The lowest BCUT2D eigenvalue weighted by Crippen LogP contribution is -2.33. The van der Waals surface area contributed by atoms with Gasteiger partial charge in [0.25, 0.3) is 0 Å². The average molecular weight is 410 g/mol. The Morgan fingerprint density at radius 3 is 2.10 bits per heavy atom. The Balaban J connectivity index is 1.80. The molecule has 0 aromatic heterocycles. The van der Waals surface area contributed by atoms with Crippen LogP contribution in [0.1, 0.15) is 34.6 Å². The highest BCUT2D eigenvalue weighted by atomic mass is 16.3. The average Bonchev–Trinajstić information content (AvgIpc) is 2.72. The van der Waals surface area contributed by atoms with E-state index < -0.39 is 0 Å². The first-order valence-corrected chi connectivity index (χ1v) is 11.0. The van der Waals surface area contributed by atoms with Gasteiger partial charge in [0, 0.05) is 0 Å². The van der Waals surface area contributed by atoms with E-state index in [0.717, 1.165) is 40.7 Å². The van der Waals surface area contributed by atoms with E-state index in [-0.39, 0.29) is 22.3 Å². The Hall–Kier alpha value is -2.94. The van der Waals surface area contributed by atoms with E-state index in [1.807, 2.05) is 12.1 Å². The zero-order valence-electron chi connectivity index (χ0n) is 19.2. The van der Waals surface area contributed by atoms with Crippen molar-refractivity contribution in [2.24, 2.45) is 10.8 Å². The molecular weight excluding hydrogens is 379 g/mol. The Morgan fingerprint density at radius 2 is 1.39 bits per heavy atom. The smallest absolute Gasteiger partial charge is 0.158 e. The predicted octanol–water partition coefficient (Wildman–Crippen LogP) is 6.62. The van der Waals surface area contributed by atoms with Crippen molar-refractivity contribution in [2.75, 3.05) is 0 Å². The van der Waals surface area contributed by atoms with Crippen LogP contribution in [0.4, 0.5) is 0 Å². The van der Waals surface area contributed by atoms with Crippen molar-refractivity contribution in [3.63, 3.8) is 0 Å². The van der Waals surface area contributed by atoms with Crippen LogP contribution in [0.25, 0.3) is 32.7 Å². The molecule has 4 aromatic carbocycles. The van der Waals surface area contributed by atoms with Crippen LogP contribution in [0.5, 0.6) is 11.5 Å². The van der Waals surface area contributed by atoms with Gasteiger partial charge < -0.3 is 10.2 Å². The maximum Gasteiger partial charge on any atom is 0.158 e. The fourth-order valence-corrected chi connectivity index (χ4v) is 4.10. The molecule has 2 nitrogen and oxygen atoms in total. The van der Waals surface area contributed by atoms with Gasteiger partial charge in [-0.1, -0.05) is 94.9 Å². The molecule has 0 aliphatic rings. The van der Waals surface area contributed by atoms with Gasteiger partial charge in [-0.25, -0.2) is 0 Å². The number of aromatic hydroxyl groups is 2. The summed E-state index contributed by atoms with van der Waals surface area (Å²) in [5.74, 6) is -0.180. The molecule has 0 unspecified atom stereocenters. The standard InChI is InChI=1S/C28H31BO2/c1-27(2,3)28(4,5)17-29-20-10-8-9-18(13-20)23-14-19-15-25(30)26(31)16-24(19)22-12-7-6-11-21(22)23/h6-16,29-31H,17H2,1-5H3. The Kier molecular flexibility index (Phi) is 5.25. The molecule has 0 atom stereocenters. The molecule has 0 aliphatic heterocycles. The minimum Gasteiger partial charge on any atom is -0.504 e. The number of phenolic OH excluding ortho intramolecular Hbond substituents is 2. The first-order chi connectivity index (χ1) is 14.6. The molecule has 0 bridgehead atoms. The molecule has 0 spiro atoms. The van der Waals surface area contributed by atoms with E-state index in [4.69, 9.17) is 0 Å². The third kappa shape index (κ3) is 4.02. The lowest BCUT2D eigenvalue weighted by Gasteiger charge is -2.39. The molecule has 31 heavy (non-hydrogen) atoms. The van der Waals surface area contributed by atoms with Gasteiger partial charge in [-0.3, -0.25) is 0 Å². The number of hydrogen-bond acceptors (Lipinski definition) is 2. The monoisotopic (exact) mass is 410 g/mol. The second kappa shape index (κ2) is 7.64. The summed E-state index contributed by atoms with van der Waals surface area (Å²) in [6.07, 6.45) is 1.13. The highest BCUT2D eigenvalue weighted by Gasteiger charge is 2.32. The molecule has 0 radical (unpaired) electrons. The fourth-order valence-electron chi connectivity index (χ4n) is 4.10. The summed E-state index contributed by atoms with van der Waals surface area (Å²) in [6, 6.07) is 22.5. The van der Waals surface area contributed by atoms with E-state index >= 15 is 0 Å². The van der Waals surface area contributed by atoms with Gasteiger partial charge in [-0.2, -0.15) is 0 Å². The number of hydrogen-bond donors (Lipinski definition) is 2. The minimum absolute atomic E-state index is 0.0890. The van der Waals surface area contributed by atoms with E-state index in [2.05, 4.69) is 77.1 Å². The molecule has 0 saturated heterocycles. The molecule has 2 N–H and O–H groups in total. The van der Waals surface area contributed by atoms with Gasteiger partial charge in [-0.15, -0.1) is 0 Å². The van der Waals surface area contributed by atoms with Gasteiger partial charge in [0.05, 0.1) is 0 Å². The van der Waals surface area contributed by atoms with Gasteiger partial charge in [0.1, 0.15) is 0 Å². The normalized spacial score (nSPS) is 12.4. The van der Waals surface area contributed by atoms with Gasteiger partial charge in [0.2, 0.25) is 0 Å². The summed E-state index contributed by atoms with van der Waals surface area (Å²) in [6.45, 7) is 11.7. The van der Waals surface area contributed by atoms with Gasteiger partial charge >= 0.3 is 0 Å². The molecule has 0 heterocycles. The van der Waals surface area contributed by atoms with E-state index in [1.54, 1.807) is 12.1 Å². The largest absolute Gasteiger partial charge is 0.504 e. The van der Waals surface area contributed by atoms with Crippen LogP contribution in [0, 0.1) is 10.8 Å². The van der Waals surface area contributed by atoms with Crippen molar-refractivity contribution < 1.29 is 10.2 Å². The summed E-state index contributed by atoms with van der Waals surface area (Å²) < 4.78 is 0. The Labute approximate surface area is 185 Å². The van der Waals surface area contributed by atoms with Gasteiger partial charge in [0.15, 0.2) is 18.8 Å².